The molecule has 2 amide bonds. The third-order valence-electron chi connectivity index (χ3n) is 8.90. The molecule has 1 aliphatic rings. The first kappa shape index (κ1) is 37.8. The Kier molecular flexibility index (Phi) is 12.7. The fourth-order valence-corrected chi connectivity index (χ4v) is 8.00. The number of hydrogen-bond acceptors (Lipinski definition) is 7. The van der Waals surface area contributed by atoms with E-state index in [9.17, 15) is 18.0 Å². The van der Waals surface area contributed by atoms with Crippen molar-refractivity contribution in [2.45, 2.75) is 55.6 Å². The summed E-state index contributed by atoms with van der Waals surface area (Å²) in [5.74, 6) is -0.324. The number of methoxy groups -OCH3 is 3. The second-order valence-corrected chi connectivity index (χ2v) is 14.9. The first-order chi connectivity index (χ1) is 24.5. The van der Waals surface area contributed by atoms with Gasteiger partial charge in [0.1, 0.15) is 18.3 Å². The van der Waals surface area contributed by atoms with E-state index in [1.165, 1.54) is 56.6 Å². The third-order valence-corrected chi connectivity index (χ3v) is 11.3. The van der Waals surface area contributed by atoms with Gasteiger partial charge in [-0.2, -0.15) is 0 Å². The predicted octanol–water partition coefficient (Wildman–Crippen LogP) is 6.91. The number of anilines is 1. The molecule has 4 aromatic carbocycles. The molecule has 51 heavy (non-hydrogen) atoms. The van der Waals surface area contributed by atoms with Gasteiger partial charge in [-0.05, 0) is 60.4 Å². The van der Waals surface area contributed by atoms with Crippen molar-refractivity contribution in [2.75, 3.05) is 32.2 Å². The zero-order valence-electron chi connectivity index (χ0n) is 28.7. The Bertz CT molecular complexity index is 1940. The molecule has 5 rings (SSSR count). The molecule has 0 saturated heterocycles. The summed E-state index contributed by atoms with van der Waals surface area (Å²) in [6.07, 6.45) is 3.86. The summed E-state index contributed by atoms with van der Waals surface area (Å²) in [4.78, 5) is 30.4. The minimum absolute atomic E-state index is 0.0225. The van der Waals surface area contributed by atoms with Crippen molar-refractivity contribution in [3.63, 3.8) is 0 Å². The number of nitrogens with zero attached hydrogens (tertiary/aromatic N) is 2. The maximum absolute atomic E-state index is 14.9. The number of sulfonamides is 1. The molecule has 1 aliphatic carbocycles. The summed E-state index contributed by atoms with van der Waals surface area (Å²) >= 11 is 13.0. The van der Waals surface area contributed by atoms with Gasteiger partial charge in [-0.25, -0.2) is 8.42 Å². The van der Waals surface area contributed by atoms with Gasteiger partial charge in [-0.15, -0.1) is 0 Å². The van der Waals surface area contributed by atoms with Crippen molar-refractivity contribution in [1.29, 1.82) is 0 Å². The lowest BCUT2D eigenvalue weighted by Gasteiger charge is -2.34. The van der Waals surface area contributed by atoms with Gasteiger partial charge < -0.3 is 24.4 Å². The number of carbonyl (C=O) groups is 2. The summed E-state index contributed by atoms with van der Waals surface area (Å²) in [6.45, 7) is -0.773. The maximum Gasteiger partial charge on any atom is 0.265 e. The molecule has 1 fully saturated rings. The highest BCUT2D eigenvalue weighted by Crippen LogP contribution is 2.37. The fourth-order valence-electron chi connectivity index (χ4n) is 6.21. The number of benzene rings is 4. The molecule has 0 aliphatic heterocycles. The summed E-state index contributed by atoms with van der Waals surface area (Å²) in [5, 5.41) is 3.78. The number of amides is 2. The molecule has 0 heterocycles. The van der Waals surface area contributed by atoms with Crippen LogP contribution >= 0.6 is 23.2 Å². The van der Waals surface area contributed by atoms with Gasteiger partial charge in [0.25, 0.3) is 10.0 Å². The van der Waals surface area contributed by atoms with Gasteiger partial charge in [-0.3, -0.25) is 13.9 Å². The third kappa shape index (κ3) is 9.08. The van der Waals surface area contributed by atoms with Crippen LogP contribution in [0.2, 0.25) is 10.0 Å². The summed E-state index contributed by atoms with van der Waals surface area (Å²) in [7, 11) is -0.282. The quantitative estimate of drug-likeness (QED) is 0.140. The molecule has 0 aromatic heterocycles. The highest BCUT2D eigenvalue weighted by atomic mass is 35.5. The van der Waals surface area contributed by atoms with Gasteiger partial charge in [0, 0.05) is 35.1 Å². The van der Waals surface area contributed by atoms with Crippen molar-refractivity contribution >= 4 is 50.7 Å². The van der Waals surface area contributed by atoms with Crippen molar-refractivity contribution in [2.24, 2.45) is 0 Å². The number of rotatable bonds is 15. The highest BCUT2D eigenvalue weighted by Gasteiger charge is 2.37. The number of ether oxygens (including phenoxy) is 3. The van der Waals surface area contributed by atoms with E-state index in [4.69, 9.17) is 37.4 Å². The van der Waals surface area contributed by atoms with Crippen LogP contribution in [-0.4, -0.2) is 65.1 Å². The van der Waals surface area contributed by atoms with Crippen LogP contribution in [-0.2, 0) is 32.6 Å². The van der Waals surface area contributed by atoms with E-state index >= 15 is 0 Å². The molecule has 0 bridgehead atoms. The van der Waals surface area contributed by atoms with Crippen LogP contribution in [0, 0.1) is 0 Å². The van der Waals surface area contributed by atoms with Crippen molar-refractivity contribution in [3.8, 4) is 17.2 Å². The molecule has 1 atom stereocenters. The van der Waals surface area contributed by atoms with E-state index in [-0.39, 0.29) is 52.0 Å². The van der Waals surface area contributed by atoms with Crippen LogP contribution in [0.1, 0.15) is 36.8 Å². The SMILES string of the molecule is COc1ccc(S(=O)(=O)N(CC(=O)N(Cc2ccccc2Cl)[C@@H](Cc2ccccc2)C(=O)NC2CCCC2)c2cc(Cl)ccc2OC)cc1OC. The molecule has 10 nitrogen and oxygen atoms in total. The number of nitrogens with one attached hydrogen (secondary N) is 1. The minimum atomic E-state index is -4.51. The monoisotopic (exact) mass is 753 g/mol. The molecule has 0 radical (unpaired) electrons. The van der Waals surface area contributed by atoms with Gasteiger partial charge in [0.15, 0.2) is 11.5 Å². The average Bonchev–Trinajstić information content (AvgIpc) is 3.65. The molecule has 1 saturated carbocycles. The zero-order valence-corrected chi connectivity index (χ0v) is 31.0. The Labute approximate surface area is 309 Å². The number of carbonyl (C=O) groups excluding carboxylic acids is 2. The van der Waals surface area contributed by atoms with Crippen LogP contribution < -0.4 is 23.8 Å². The van der Waals surface area contributed by atoms with Crippen LogP contribution in [0.5, 0.6) is 17.2 Å². The molecule has 0 unspecified atom stereocenters. The first-order valence-electron chi connectivity index (χ1n) is 16.5. The fraction of sp³-hybridized carbons (Fsp3) is 0.316. The molecule has 4 aromatic rings. The largest absolute Gasteiger partial charge is 0.495 e. The summed E-state index contributed by atoms with van der Waals surface area (Å²) < 4.78 is 46.5. The average molecular weight is 755 g/mol. The van der Waals surface area contributed by atoms with E-state index in [0.29, 0.717) is 16.3 Å². The normalized spacial score (nSPS) is 13.7. The van der Waals surface area contributed by atoms with Gasteiger partial charge in [0.05, 0.1) is 31.9 Å². The predicted molar refractivity (Wildman–Crippen MR) is 198 cm³/mol. The Morgan fingerprint density at radius 1 is 0.824 bits per heavy atom. The Morgan fingerprint density at radius 3 is 2.14 bits per heavy atom. The lowest BCUT2D eigenvalue weighted by molar-refractivity contribution is -0.140. The Balaban J connectivity index is 1.63. The summed E-state index contributed by atoms with van der Waals surface area (Å²) in [5.41, 5.74) is 1.45. The highest BCUT2D eigenvalue weighted by molar-refractivity contribution is 7.92. The van der Waals surface area contributed by atoms with E-state index in [1.807, 2.05) is 30.3 Å². The first-order valence-corrected chi connectivity index (χ1v) is 18.7. The second kappa shape index (κ2) is 17.2. The van der Waals surface area contributed by atoms with Crippen LogP contribution in [0.15, 0.2) is 95.9 Å². The zero-order chi connectivity index (χ0) is 36.5. The molecule has 270 valence electrons. The van der Waals surface area contributed by atoms with Crippen molar-refractivity contribution in [3.05, 3.63) is 112 Å². The molecule has 1 N–H and O–H groups in total. The Hall–Kier alpha value is -4.45. The Morgan fingerprint density at radius 2 is 1.47 bits per heavy atom. The van der Waals surface area contributed by atoms with Crippen LogP contribution in [0.25, 0.3) is 0 Å². The second-order valence-electron chi connectivity index (χ2n) is 12.2. The van der Waals surface area contributed by atoms with Gasteiger partial charge >= 0.3 is 0 Å². The van der Waals surface area contributed by atoms with Crippen LogP contribution in [0.3, 0.4) is 0 Å². The molecular formula is C38H41Cl2N3O7S. The van der Waals surface area contributed by atoms with Gasteiger partial charge in [0.2, 0.25) is 11.8 Å². The number of halogens is 2. The smallest absolute Gasteiger partial charge is 0.265 e. The van der Waals surface area contributed by atoms with Crippen molar-refractivity contribution < 1.29 is 32.2 Å². The standard InChI is InChI=1S/C38H41Cl2N3O7S/c1-48-34-19-17-28(39)22-32(34)43(51(46,47)30-18-20-35(49-2)36(23-30)50-3)25-37(44)42(24-27-13-7-10-16-31(27)40)33(21-26-11-5-4-6-12-26)38(45)41-29-14-8-9-15-29/h4-7,10-13,16-20,22-23,29,33H,8-9,14-15,21,24-25H2,1-3H3,(H,41,45)/t33-/m0/s1. The van der Waals surface area contributed by atoms with E-state index < -0.39 is 28.5 Å². The van der Waals surface area contributed by atoms with E-state index in [1.54, 1.807) is 30.3 Å². The maximum atomic E-state index is 14.9. The molecule has 13 heteroatoms. The molecular weight excluding hydrogens is 713 g/mol. The topological polar surface area (TPSA) is 114 Å². The van der Waals surface area contributed by atoms with Gasteiger partial charge in [-0.1, -0.05) is 84.6 Å². The molecule has 0 spiro atoms. The lowest BCUT2D eigenvalue weighted by Crippen LogP contribution is -2.54. The minimum Gasteiger partial charge on any atom is -0.495 e. The number of hydrogen-bond donors (Lipinski definition) is 1. The van der Waals surface area contributed by atoms with E-state index in [0.717, 1.165) is 35.6 Å². The van der Waals surface area contributed by atoms with Crippen molar-refractivity contribution in [1.82, 2.24) is 10.2 Å². The summed E-state index contributed by atoms with van der Waals surface area (Å²) in [6, 6.07) is 24.0. The van der Waals surface area contributed by atoms with E-state index in [2.05, 4.69) is 5.32 Å². The van der Waals surface area contributed by atoms with Crippen LogP contribution in [0.4, 0.5) is 5.69 Å². The lowest BCUT2D eigenvalue weighted by atomic mass is 10.0.